The Morgan fingerprint density at radius 3 is 3.00 bits per heavy atom. The fourth-order valence-electron chi connectivity index (χ4n) is 2.24. The van der Waals surface area contributed by atoms with E-state index in [0.717, 1.165) is 6.07 Å². The van der Waals surface area contributed by atoms with Crippen molar-refractivity contribution in [3.8, 4) is 0 Å². The molecule has 1 saturated heterocycles. The van der Waals surface area contributed by atoms with Crippen molar-refractivity contribution in [3.05, 3.63) is 29.5 Å². The molecule has 1 fully saturated rings. The van der Waals surface area contributed by atoms with Gasteiger partial charge in [-0.1, -0.05) is 5.21 Å². The summed E-state index contributed by atoms with van der Waals surface area (Å²) in [7, 11) is 0. The van der Waals surface area contributed by atoms with Gasteiger partial charge in [0.05, 0.1) is 0 Å². The SMILES string of the molecule is O=C(c1ccc(C(F)F)o1)N1CCC(c2nn[nH]n2)C1. The summed E-state index contributed by atoms with van der Waals surface area (Å²) < 4.78 is 29.7. The predicted octanol–water partition coefficient (Wildman–Crippen LogP) is 1.36. The molecular weight excluding hydrogens is 272 g/mol. The molecule has 0 aliphatic carbocycles. The Morgan fingerprint density at radius 1 is 1.50 bits per heavy atom. The third kappa shape index (κ3) is 2.26. The predicted molar refractivity (Wildman–Crippen MR) is 61.1 cm³/mol. The first-order chi connectivity index (χ1) is 9.65. The summed E-state index contributed by atoms with van der Waals surface area (Å²) in [5.74, 6) is -0.422. The number of aromatic amines is 1. The van der Waals surface area contributed by atoms with Crippen molar-refractivity contribution in [1.82, 2.24) is 25.5 Å². The van der Waals surface area contributed by atoms with Crippen molar-refractivity contribution in [2.24, 2.45) is 0 Å². The van der Waals surface area contributed by atoms with Gasteiger partial charge in [0, 0.05) is 19.0 Å². The summed E-state index contributed by atoms with van der Waals surface area (Å²) in [6, 6.07) is 2.39. The molecule has 3 heterocycles. The summed E-state index contributed by atoms with van der Waals surface area (Å²) in [6.45, 7) is 0.922. The lowest BCUT2D eigenvalue weighted by atomic mass is 10.1. The van der Waals surface area contributed by atoms with E-state index in [1.807, 2.05) is 0 Å². The molecular formula is C11H11F2N5O2. The summed E-state index contributed by atoms with van der Waals surface area (Å²) in [4.78, 5) is 13.7. The van der Waals surface area contributed by atoms with Gasteiger partial charge in [-0.05, 0) is 18.6 Å². The standard InChI is InChI=1S/C11H11F2N5O2/c12-9(13)7-1-2-8(20-7)11(19)18-4-3-6(5-18)10-14-16-17-15-10/h1-2,6,9H,3-5H2,(H,14,15,16,17). The smallest absolute Gasteiger partial charge is 0.295 e. The third-order valence-electron chi connectivity index (χ3n) is 3.25. The number of amides is 1. The second-order valence-electron chi connectivity index (χ2n) is 4.51. The average molecular weight is 283 g/mol. The maximum absolute atomic E-state index is 12.4. The Labute approximate surface area is 111 Å². The van der Waals surface area contributed by atoms with Crippen LogP contribution in [0.25, 0.3) is 0 Å². The van der Waals surface area contributed by atoms with Crippen LogP contribution in [-0.2, 0) is 0 Å². The lowest BCUT2D eigenvalue weighted by Gasteiger charge is -2.13. The molecule has 1 aliphatic rings. The molecule has 1 amide bonds. The van der Waals surface area contributed by atoms with E-state index in [0.29, 0.717) is 25.3 Å². The van der Waals surface area contributed by atoms with Gasteiger partial charge in [-0.25, -0.2) is 8.78 Å². The third-order valence-corrected chi connectivity index (χ3v) is 3.25. The van der Waals surface area contributed by atoms with Crippen LogP contribution in [0.15, 0.2) is 16.5 Å². The highest BCUT2D eigenvalue weighted by atomic mass is 19.3. The molecule has 1 unspecified atom stereocenters. The van der Waals surface area contributed by atoms with Gasteiger partial charge in [0.15, 0.2) is 17.3 Å². The first-order valence-corrected chi connectivity index (χ1v) is 6.05. The number of H-pyrrole nitrogens is 1. The van der Waals surface area contributed by atoms with Gasteiger partial charge >= 0.3 is 0 Å². The summed E-state index contributed by atoms with van der Waals surface area (Å²) >= 11 is 0. The summed E-state index contributed by atoms with van der Waals surface area (Å²) in [5.41, 5.74) is 0. The van der Waals surface area contributed by atoms with Gasteiger partial charge in [-0.3, -0.25) is 4.79 Å². The van der Waals surface area contributed by atoms with Crippen molar-refractivity contribution in [2.75, 3.05) is 13.1 Å². The molecule has 0 radical (unpaired) electrons. The number of carbonyl (C=O) groups excluding carboxylic acids is 1. The first kappa shape index (κ1) is 12.7. The molecule has 1 N–H and O–H groups in total. The van der Waals surface area contributed by atoms with E-state index in [1.165, 1.54) is 11.0 Å². The quantitative estimate of drug-likeness (QED) is 0.918. The van der Waals surface area contributed by atoms with Crippen LogP contribution >= 0.6 is 0 Å². The van der Waals surface area contributed by atoms with Gasteiger partial charge in [0.2, 0.25) is 0 Å². The van der Waals surface area contributed by atoms with Gasteiger partial charge in [0.1, 0.15) is 0 Å². The monoisotopic (exact) mass is 283 g/mol. The fourth-order valence-corrected chi connectivity index (χ4v) is 2.24. The normalized spacial score (nSPS) is 18.9. The molecule has 9 heteroatoms. The van der Waals surface area contributed by atoms with Gasteiger partial charge in [0.25, 0.3) is 12.3 Å². The topological polar surface area (TPSA) is 87.9 Å². The molecule has 3 rings (SSSR count). The number of carbonyl (C=O) groups is 1. The Bertz CT molecular complexity index is 598. The van der Waals surface area contributed by atoms with E-state index in [-0.39, 0.29) is 11.7 Å². The second kappa shape index (κ2) is 4.99. The number of hydrogen-bond acceptors (Lipinski definition) is 5. The van der Waals surface area contributed by atoms with Crippen molar-refractivity contribution in [2.45, 2.75) is 18.8 Å². The molecule has 0 saturated carbocycles. The number of nitrogens with one attached hydrogen (secondary N) is 1. The molecule has 20 heavy (non-hydrogen) atoms. The van der Waals surface area contributed by atoms with Crippen LogP contribution < -0.4 is 0 Å². The Morgan fingerprint density at radius 2 is 2.35 bits per heavy atom. The van der Waals surface area contributed by atoms with Gasteiger partial charge < -0.3 is 9.32 Å². The Balaban J connectivity index is 1.69. The van der Waals surface area contributed by atoms with E-state index in [4.69, 9.17) is 4.42 Å². The molecule has 1 aliphatic heterocycles. The highest BCUT2D eigenvalue weighted by Crippen LogP contribution is 2.27. The maximum atomic E-state index is 12.4. The zero-order valence-corrected chi connectivity index (χ0v) is 10.3. The molecule has 7 nitrogen and oxygen atoms in total. The van der Waals surface area contributed by atoms with Gasteiger partial charge in [-0.2, -0.15) is 5.21 Å². The number of likely N-dealkylation sites (tertiary alicyclic amines) is 1. The number of furan rings is 1. The lowest BCUT2D eigenvalue weighted by Crippen LogP contribution is -2.28. The fraction of sp³-hybridized carbons (Fsp3) is 0.455. The van der Waals surface area contributed by atoms with Crippen LogP contribution in [0, 0.1) is 0 Å². The van der Waals surface area contributed by atoms with Crippen molar-refractivity contribution >= 4 is 5.91 Å². The van der Waals surface area contributed by atoms with E-state index < -0.39 is 18.1 Å². The molecule has 1 atom stereocenters. The molecule has 0 aromatic carbocycles. The Hall–Kier alpha value is -2.32. The molecule has 2 aromatic rings. The first-order valence-electron chi connectivity index (χ1n) is 6.05. The number of tetrazole rings is 1. The van der Waals surface area contributed by atoms with Crippen molar-refractivity contribution in [3.63, 3.8) is 0 Å². The van der Waals surface area contributed by atoms with Crippen molar-refractivity contribution in [1.29, 1.82) is 0 Å². The molecule has 0 bridgehead atoms. The number of alkyl halides is 2. The number of nitrogens with zero attached hydrogens (tertiary/aromatic N) is 4. The summed E-state index contributed by atoms with van der Waals surface area (Å²) in [6.07, 6.45) is -2.02. The Kier molecular flexibility index (Phi) is 3.17. The number of aromatic nitrogens is 4. The number of halogens is 2. The van der Waals surface area contributed by atoms with Crippen LogP contribution in [0.4, 0.5) is 8.78 Å². The van der Waals surface area contributed by atoms with E-state index >= 15 is 0 Å². The zero-order chi connectivity index (χ0) is 14.1. The molecule has 0 spiro atoms. The minimum atomic E-state index is -2.72. The van der Waals surface area contributed by atoms with Crippen LogP contribution in [0.1, 0.15) is 40.9 Å². The van der Waals surface area contributed by atoms with E-state index in [1.54, 1.807) is 0 Å². The van der Waals surface area contributed by atoms with E-state index in [2.05, 4.69) is 20.6 Å². The summed E-state index contributed by atoms with van der Waals surface area (Å²) in [5, 5.41) is 13.6. The second-order valence-corrected chi connectivity index (χ2v) is 4.51. The maximum Gasteiger partial charge on any atom is 0.295 e. The molecule has 2 aromatic heterocycles. The molecule has 106 valence electrons. The average Bonchev–Trinajstić information content (AvgIpc) is 3.17. The van der Waals surface area contributed by atoms with Crippen molar-refractivity contribution < 1.29 is 18.0 Å². The van der Waals surface area contributed by atoms with Crippen LogP contribution in [0.5, 0.6) is 0 Å². The highest BCUT2D eigenvalue weighted by Gasteiger charge is 2.31. The minimum Gasteiger partial charge on any atom is -0.450 e. The lowest BCUT2D eigenvalue weighted by molar-refractivity contribution is 0.0738. The minimum absolute atomic E-state index is 0.00207. The van der Waals surface area contributed by atoms with E-state index in [9.17, 15) is 13.6 Å². The van der Waals surface area contributed by atoms with Crippen LogP contribution in [-0.4, -0.2) is 44.5 Å². The highest BCUT2D eigenvalue weighted by molar-refractivity contribution is 5.91. The number of hydrogen-bond donors (Lipinski definition) is 1. The number of rotatable bonds is 3. The zero-order valence-electron chi connectivity index (χ0n) is 10.3. The van der Waals surface area contributed by atoms with Gasteiger partial charge in [-0.15, -0.1) is 10.2 Å². The van der Waals surface area contributed by atoms with Crippen LogP contribution in [0.3, 0.4) is 0 Å². The van der Waals surface area contributed by atoms with Crippen LogP contribution in [0.2, 0.25) is 0 Å². The largest absolute Gasteiger partial charge is 0.450 e.